The van der Waals surface area contributed by atoms with E-state index in [-0.39, 0.29) is 28.4 Å². The lowest BCUT2D eigenvalue weighted by atomic mass is 10.1. The molecule has 0 atom stereocenters. The first-order valence-corrected chi connectivity index (χ1v) is 12.7. The number of amides is 1. The molecule has 4 rings (SSSR count). The van der Waals surface area contributed by atoms with Crippen LogP contribution in [0, 0.1) is 6.92 Å². The number of benzene rings is 4. The molecule has 0 aliphatic rings. The average Bonchev–Trinajstić information content (AvgIpc) is 2.88. The Bertz CT molecular complexity index is 1490. The number of anilines is 2. The molecule has 9 heteroatoms. The molecule has 0 saturated carbocycles. The number of rotatable bonds is 7. The van der Waals surface area contributed by atoms with Gasteiger partial charge in [0.15, 0.2) is 0 Å². The third-order valence-electron chi connectivity index (χ3n) is 5.67. The van der Waals surface area contributed by atoms with Crippen molar-refractivity contribution >= 4 is 27.3 Å². The molecule has 0 fully saturated rings. The van der Waals surface area contributed by atoms with Gasteiger partial charge in [-0.25, -0.2) is 8.42 Å². The van der Waals surface area contributed by atoms with Crippen molar-refractivity contribution in [1.29, 1.82) is 0 Å². The summed E-state index contributed by atoms with van der Waals surface area (Å²) in [5, 5.41) is 2.57. The first kappa shape index (κ1) is 26.0. The summed E-state index contributed by atoms with van der Waals surface area (Å²) >= 11 is 0. The summed E-state index contributed by atoms with van der Waals surface area (Å²) in [6, 6.07) is 25.6. The Morgan fingerprint density at radius 3 is 2.03 bits per heavy atom. The molecule has 0 unspecified atom stereocenters. The van der Waals surface area contributed by atoms with Crippen molar-refractivity contribution in [1.82, 2.24) is 0 Å². The summed E-state index contributed by atoms with van der Waals surface area (Å²) in [6.07, 6.45) is -4.50. The highest BCUT2D eigenvalue weighted by Crippen LogP contribution is 2.32. The maximum absolute atomic E-state index is 13.8. The number of alkyl halides is 3. The number of halogens is 3. The number of carbonyl (C=O) groups is 1. The van der Waals surface area contributed by atoms with E-state index in [0.29, 0.717) is 5.56 Å². The number of hydrogen-bond acceptors (Lipinski definition) is 3. The van der Waals surface area contributed by atoms with Crippen LogP contribution >= 0.6 is 0 Å². The fraction of sp³-hybridized carbons (Fsp3) is 0.107. The van der Waals surface area contributed by atoms with Crippen molar-refractivity contribution in [2.45, 2.75) is 24.5 Å². The minimum atomic E-state index is -4.50. The normalized spacial score (nSPS) is 11.7. The van der Waals surface area contributed by atoms with Crippen LogP contribution in [-0.4, -0.2) is 14.3 Å². The van der Waals surface area contributed by atoms with Crippen molar-refractivity contribution in [3.05, 3.63) is 125 Å². The van der Waals surface area contributed by atoms with Crippen molar-refractivity contribution in [3.8, 4) is 0 Å². The highest BCUT2D eigenvalue weighted by Gasteiger charge is 2.31. The van der Waals surface area contributed by atoms with Gasteiger partial charge < -0.3 is 5.32 Å². The first-order valence-electron chi connectivity index (χ1n) is 11.3. The summed E-state index contributed by atoms with van der Waals surface area (Å²) in [5.41, 5.74) is 1.08. The molecule has 0 spiro atoms. The predicted octanol–water partition coefficient (Wildman–Crippen LogP) is 6.66. The minimum absolute atomic E-state index is 0.0401. The number of carbonyl (C=O) groups excluding carboxylic acids is 1. The van der Waals surface area contributed by atoms with Gasteiger partial charge in [0.1, 0.15) is 0 Å². The van der Waals surface area contributed by atoms with Gasteiger partial charge in [-0.2, -0.15) is 13.2 Å². The zero-order chi connectivity index (χ0) is 26.6. The molecule has 1 N–H and O–H groups in total. The molecule has 1 amide bonds. The largest absolute Gasteiger partial charge is 0.416 e. The van der Waals surface area contributed by atoms with Crippen LogP contribution in [0.4, 0.5) is 24.5 Å². The van der Waals surface area contributed by atoms with Gasteiger partial charge in [0.2, 0.25) is 0 Å². The van der Waals surface area contributed by atoms with E-state index in [1.807, 2.05) is 13.0 Å². The van der Waals surface area contributed by atoms with Gasteiger partial charge in [-0.3, -0.25) is 9.10 Å². The van der Waals surface area contributed by atoms with Gasteiger partial charge >= 0.3 is 6.18 Å². The van der Waals surface area contributed by atoms with Crippen LogP contribution in [0.5, 0.6) is 0 Å². The van der Waals surface area contributed by atoms with E-state index in [1.54, 1.807) is 48.5 Å². The van der Waals surface area contributed by atoms with Crippen LogP contribution in [0.15, 0.2) is 108 Å². The van der Waals surface area contributed by atoms with E-state index in [2.05, 4.69) is 5.32 Å². The fourth-order valence-electron chi connectivity index (χ4n) is 3.71. The number of hydrogen-bond donors (Lipinski definition) is 1. The van der Waals surface area contributed by atoms with Gasteiger partial charge in [0.25, 0.3) is 15.9 Å². The molecule has 0 aromatic heterocycles. The van der Waals surface area contributed by atoms with E-state index in [0.717, 1.165) is 34.1 Å². The van der Waals surface area contributed by atoms with Crippen molar-refractivity contribution in [2.24, 2.45) is 0 Å². The molecule has 37 heavy (non-hydrogen) atoms. The second-order valence-corrected chi connectivity index (χ2v) is 10.2. The Morgan fingerprint density at radius 2 is 1.41 bits per heavy atom. The van der Waals surface area contributed by atoms with E-state index < -0.39 is 27.7 Å². The zero-order valence-corrected chi connectivity index (χ0v) is 20.6. The topological polar surface area (TPSA) is 66.5 Å². The van der Waals surface area contributed by atoms with Gasteiger partial charge in [-0.1, -0.05) is 60.2 Å². The van der Waals surface area contributed by atoms with Crippen LogP contribution in [0.1, 0.15) is 27.0 Å². The minimum Gasteiger partial charge on any atom is -0.322 e. The van der Waals surface area contributed by atoms with Gasteiger partial charge in [-0.15, -0.1) is 0 Å². The first-order chi connectivity index (χ1) is 17.6. The molecule has 0 bridgehead atoms. The number of sulfonamides is 1. The zero-order valence-electron chi connectivity index (χ0n) is 19.7. The Morgan fingerprint density at radius 1 is 0.811 bits per heavy atom. The Balaban J connectivity index is 1.73. The van der Waals surface area contributed by atoms with Crippen molar-refractivity contribution in [3.63, 3.8) is 0 Å². The lowest BCUT2D eigenvalue weighted by molar-refractivity contribution is -0.137. The van der Waals surface area contributed by atoms with Gasteiger partial charge in [0, 0.05) is 5.69 Å². The summed E-state index contributed by atoms with van der Waals surface area (Å²) in [7, 11) is -4.09. The summed E-state index contributed by atoms with van der Waals surface area (Å²) in [5.74, 6) is -0.660. The van der Waals surface area contributed by atoms with Crippen LogP contribution in [0.25, 0.3) is 0 Å². The van der Waals surface area contributed by atoms with E-state index in [9.17, 15) is 26.4 Å². The number of nitrogens with one attached hydrogen (secondary N) is 1. The molecular formula is C28H23F3N2O3S. The highest BCUT2D eigenvalue weighted by atomic mass is 32.2. The average molecular weight is 525 g/mol. The highest BCUT2D eigenvalue weighted by molar-refractivity contribution is 7.92. The van der Waals surface area contributed by atoms with Crippen LogP contribution < -0.4 is 9.62 Å². The summed E-state index contributed by atoms with van der Waals surface area (Å²) in [4.78, 5) is 13.3. The third kappa shape index (κ3) is 6.00. The van der Waals surface area contributed by atoms with E-state index in [1.165, 1.54) is 24.3 Å². The van der Waals surface area contributed by atoms with E-state index >= 15 is 0 Å². The fourth-order valence-corrected chi connectivity index (χ4v) is 5.18. The number of nitrogens with zero attached hydrogens (tertiary/aromatic N) is 1. The van der Waals surface area contributed by atoms with Crippen LogP contribution in [-0.2, 0) is 22.7 Å². The molecule has 4 aromatic carbocycles. The molecule has 0 saturated heterocycles. The van der Waals surface area contributed by atoms with Gasteiger partial charge in [-0.05, 0) is 61.0 Å². The van der Waals surface area contributed by atoms with Gasteiger partial charge in [0.05, 0.1) is 28.3 Å². The number of aryl methyl sites for hydroxylation is 1. The third-order valence-corrected chi connectivity index (χ3v) is 7.44. The Labute approximate surface area is 213 Å². The maximum atomic E-state index is 13.8. The Kier molecular flexibility index (Phi) is 7.35. The molecule has 4 aromatic rings. The summed E-state index contributed by atoms with van der Waals surface area (Å²) in [6.45, 7) is 1.81. The molecular weight excluding hydrogens is 501 g/mol. The lowest BCUT2D eigenvalue weighted by Gasteiger charge is -2.26. The van der Waals surface area contributed by atoms with Crippen molar-refractivity contribution < 1.29 is 26.4 Å². The summed E-state index contributed by atoms with van der Waals surface area (Å²) < 4.78 is 67.4. The predicted molar refractivity (Wildman–Crippen MR) is 137 cm³/mol. The SMILES string of the molecule is Cc1ccc(S(=O)(=O)N(Cc2ccccc2)c2ccccc2C(=O)Nc2ccc(C(F)(F)F)cc2)cc1. The Hall–Kier alpha value is -4.11. The second kappa shape index (κ2) is 10.5. The number of para-hydroxylation sites is 1. The standard InChI is InChI=1S/C28H23F3N2O3S/c1-20-11-17-24(18-12-20)37(35,36)33(19-21-7-3-2-4-8-21)26-10-6-5-9-25(26)27(34)32-23-15-13-22(14-16-23)28(29,30)31/h2-18H,19H2,1H3,(H,32,34). The monoisotopic (exact) mass is 524 g/mol. The second-order valence-electron chi connectivity index (χ2n) is 8.36. The molecule has 190 valence electrons. The molecule has 0 heterocycles. The smallest absolute Gasteiger partial charge is 0.322 e. The molecule has 0 aliphatic carbocycles. The molecule has 5 nitrogen and oxygen atoms in total. The van der Waals surface area contributed by atoms with Crippen LogP contribution in [0.2, 0.25) is 0 Å². The van der Waals surface area contributed by atoms with E-state index in [4.69, 9.17) is 0 Å². The molecule has 0 radical (unpaired) electrons. The van der Waals surface area contributed by atoms with Crippen molar-refractivity contribution in [2.75, 3.05) is 9.62 Å². The molecule has 0 aliphatic heterocycles. The lowest BCUT2D eigenvalue weighted by Crippen LogP contribution is -2.32. The maximum Gasteiger partial charge on any atom is 0.416 e. The van der Waals surface area contributed by atoms with Crippen LogP contribution in [0.3, 0.4) is 0 Å². The quantitative estimate of drug-likeness (QED) is 0.294.